The molecule has 6 atom stereocenters. The zero-order chi connectivity index (χ0) is 26.2. The summed E-state index contributed by atoms with van der Waals surface area (Å²) >= 11 is 1.65. The third kappa shape index (κ3) is 4.34. The molecule has 2 aromatic carbocycles. The van der Waals surface area contributed by atoms with Gasteiger partial charge in [0.05, 0.1) is 29.2 Å². The molecule has 3 saturated heterocycles. The Kier molecular flexibility index (Phi) is 7.07. The Hall–Kier alpha value is -2.84. The molecule has 0 aromatic heterocycles. The minimum absolute atomic E-state index is 0.138. The number of fused-ring (bicyclic) bond motifs is 1. The van der Waals surface area contributed by atoms with Crippen LogP contribution >= 0.6 is 11.8 Å². The van der Waals surface area contributed by atoms with Crippen LogP contribution in [0.1, 0.15) is 44.2 Å². The van der Waals surface area contributed by atoms with E-state index in [4.69, 9.17) is 0 Å². The number of carbonyl (C=O) groups is 3. The van der Waals surface area contributed by atoms with Gasteiger partial charge in [-0.3, -0.25) is 14.4 Å². The molecule has 3 aliphatic rings. The summed E-state index contributed by atoms with van der Waals surface area (Å²) in [5, 5.41) is 16.3. The predicted molar refractivity (Wildman–Crippen MR) is 143 cm³/mol. The van der Waals surface area contributed by atoms with Crippen molar-refractivity contribution in [3.8, 4) is 0 Å². The summed E-state index contributed by atoms with van der Waals surface area (Å²) in [5.41, 5.74) is 1.97. The van der Waals surface area contributed by atoms with Crippen molar-refractivity contribution in [2.24, 2.45) is 11.8 Å². The molecule has 3 heterocycles. The molecule has 2 bridgehead atoms. The van der Waals surface area contributed by atoms with Gasteiger partial charge in [0.25, 0.3) is 0 Å². The minimum atomic E-state index is -0.732. The fourth-order valence-electron chi connectivity index (χ4n) is 6.65. The van der Waals surface area contributed by atoms with Crippen LogP contribution in [0, 0.1) is 11.8 Å². The summed E-state index contributed by atoms with van der Waals surface area (Å²) in [7, 11) is 0. The molecule has 3 N–H and O–H groups in total. The van der Waals surface area contributed by atoms with E-state index in [1.54, 1.807) is 16.7 Å². The highest BCUT2D eigenvalue weighted by Gasteiger charge is 2.77. The first-order valence-corrected chi connectivity index (χ1v) is 13.9. The van der Waals surface area contributed by atoms with Crippen molar-refractivity contribution >= 4 is 29.5 Å². The van der Waals surface area contributed by atoms with Crippen LogP contribution in [0.4, 0.5) is 0 Å². The number of benzene rings is 2. The van der Waals surface area contributed by atoms with Gasteiger partial charge in [0.1, 0.15) is 6.04 Å². The highest BCUT2D eigenvalue weighted by molar-refractivity contribution is 8.02. The van der Waals surface area contributed by atoms with Crippen molar-refractivity contribution in [3.63, 3.8) is 0 Å². The fraction of sp³-hybridized carbons (Fsp3) is 0.483. The number of nitrogens with zero attached hydrogens (tertiary/aromatic N) is 1. The molecule has 196 valence electrons. The second-order valence-corrected chi connectivity index (χ2v) is 12.5. The Morgan fingerprint density at radius 2 is 1.57 bits per heavy atom. The Bertz CT molecular complexity index is 1160. The van der Waals surface area contributed by atoms with E-state index in [2.05, 4.69) is 17.6 Å². The van der Waals surface area contributed by atoms with Gasteiger partial charge in [0.2, 0.25) is 17.7 Å². The Morgan fingerprint density at radius 1 is 1.00 bits per heavy atom. The van der Waals surface area contributed by atoms with Crippen LogP contribution in [0.2, 0.25) is 0 Å². The van der Waals surface area contributed by atoms with Crippen LogP contribution in [0.5, 0.6) is 0 Å². The normalized spacial score (nSPS) is 30.7. The maximum Gasteiger partial charge on any atom is 0.244 e. The van der Waals surface area contributed by atoms with E-state index >= 15 is 0 Å². The number of rotatable bonds is 9. The van der Waals surface area contributed by atoms with Gasteiger partial charge in [-0.1, -0.05) is 67.6 Å². The minimum Gasteiger partial charge on any atom is -0.394 e. The number of hydrogen-bond acceptors (Lipinski definition) is 5. The van der Waals surface area contributed by atoms with Crippen molar-refractivity contribution in [1.29, 1.82) is 0 Å². The van der Waals surface area contributed by atoms with E-state index in [1.165, 1.54) is 0 Å². The molecule has 2 aromatic rings. The first-order chi connectivity index (χ1) is 17.8. The number of amides is 3. The van der Waals surface area contributed by atoms with Gasteiger partial charge in [0.15, 0.2) is 0 Å². The van der Waals surface area contributed by atoms with Gasteiger partial charge in [0, 0.05) is 17.8 Å². The van der Waals surface area contributed by atoms with Crippen molar-refractivity contribution in [2.45, 2.75) is 67.8 Å². The Labute approximate surface area is 222 Å². The first-order valence-electron chi connectivity index (χ1n) is 13.1. The predicted octanol–water partition coefficient (Wildman–Crippen LogP) is 2.87. The topological polar surface area (TPSA) is 98.7 Å². The lowest BCUT2D eigenvalue weighted by atomic mass is 9.66. The number of thioether (sulfide) groups is 1. The SMILES string of the molecule is CC[C@@H](CO)N1C(=O)[C@@H]2[C@@H](C(=O)NCc3ccccc3)[C@@]3(C)CCC2(S3)C1C(=O)NCc1ccccc1. The van der Waals surface area contributed by atoms with Crippen LogP contribution in [-0.4, -0.2) is 55.9 Å². The Balaban J connectivity index is 1.44. The molecule has 0 saturated carbocycles. The van der Waals surface area contributed by atoms with E-state index in [-0.39, 0.29) is 24.3 Å². The smallest absolute Gasteiger partial charge is 0.244 e. The van der Waals surface area contributed by atoms with Crippen LogP contribution < -0.4 is 10.6 Å². The standard InChI is InChI=1S/C29H35N3O4S/c1-3-21(18-33)32-24(26(35)31-17-20-12-8-5-9-13-20)29-15-14-28(2,37-29)22(23(29)27(32)36)25(34)30-16-19-10-6-4-7-11-19/h4-13,21-24,33H,3,14-18H2,1-2H3,(H,30,34)(H,31,35)/t21-,22-,23-,24?,28+,29?/m0/s1. The largest absolute Gasteiger partial charge is 0.394 e. The third-order valence-corrected chi connectivity index (χ3v) is 10.4. The highest BCUT2D eigenvalue weighted by atomic mass is 32.2. The van der Waals surface area contributed by atoms with E-state index < -0.39 is 33.4 Å². The molecule has 0 radical (unpaired) electrons. The summed E-state index contributed by atoms with van der Waals surface area (Å²) in [5.74, 6) is -1.67. The molecule has 1 spiro atoms. The molecule has 2 unspecified atom stereocenters. The number of likely N-dealkylation sites (tertiary alicyclic amines) is 1. The Morgan fingerprint density at radius 3 is 2.11 bits per heavy atom. The maximum atomic E-state index is 14.1. The molecular weight excluding hydrogens is 486 g/mol. The maximum absolute atomic E-state index is 14.1. The van der Waals surface area contributed by atoms with E-state index in [1.807, 2.05) is 67.6 Å². The zero-order valence-corrected chi connectivity index (χ0v) is 22.2. The lowest BCUT2D eigenvalue weighted by Gasteiger charge is -2.36. The molecule has 3 aliphatic heterocycles. The number of carbonyl (C=O) groups excluding carboxylic acids is 3. The van der Waals surface area contributed by atoms with Crippen molar-refractivity contribution in [1.82, 2.24) is 15.5 Å². The highest BCUT2D eigenvalue weighted by Crippen LogP contribution is 2.71. The summed E-state index contributed by atoms with van der Waals surface area (Å²) < 4.78 is -1.12. The molecule has 5 rings (SSSR count). The van der Waals surface area contributed by atoms with Gasteiger partial charge in [-0.2, -0.15) is 0 Å². The van der Waals surface area contributed by atoms with Crippen molar-refractivity contribution in [3.05, 3.63) is 71.8 Å². The average Bonchev–Trinajstić information content (AvgIpc) is 3.49. The van der Waals surface area contributed by atoms with E-state index in [0.717, 1.165) is 17.5 Å². The summed E-state index contributed by atoms with van der Waals surface area (Å²) in [6.45, 7) is 4.51. The average molecular weight is 522 g/mol. The van der Waals surface area contributed by atoms with Gasteiger partial charge in [-0.05, 0) is 37.3 Å². The van der Waals surface area contributed by atoms with Crippen LogP contribution in [0.15, 0.2) is 60.7 Å². The van der Waals surface area contributed by atoms with Crippen LogP contribution in [0.25, 0.3) is 0 Å². The molecule has 3 fully saturated rings. The monoisotopic (exact) mass is 521 g/mol. The van der Waals surface area contributed by atoms with E-state index in [9.17, 15) is 19.5 Å². The van der Waals surface area contributed by atoms with Crippen molar-refractivity contribution in [2.75, 3.05) is 6.61 Å². The van der Waals surface area contributed by atoms with Crippen LogP contribution in [0.3, 0.4) is 0 Å². The lowest BCUT2D eigenvalue weighted by Crippen LogP contribution is -2.56. The lowest BCUT2D eigenvalue weighted by molar-refractivity contribution is -0.143. The molecule has 7 nitrogen and oxygen atoms in total. The zero-order valence-electron chi connectivity index (χ0n) is 21.4. The third-order valence-electron chi connectivity index (χ3n) is 8.44. The van der Waals surface area contributed by atoms with Crippen LogP contribution in [-0.2, 0) is 27.5 Å². The number of aliphatic hydroxyl groups excluding tert-OH is 1. The van der Waals surface area contributed by atoms with Gasteiger partial charge in [-0.25, -0.2) is 0 Å². The van der Waals surface area contributed by atoms with Gasteiger partial charge in [-0.15, -0.1) is 11.8 Å². The van der Waals surface area contributed by atoms with Gasteiger partial charge < -0.3 is 20.6 Å². The molecular formula is C29H35N3O4S. The second kappa shape index (κ2) is 10.1. The first kappa shape index (κ1) is 25.8. The fourth-order valence-corrected chi connectivity index (χ4v) is 8.99. The molecule has 37 heavy (non-hydrogen) atoms. The number of aliphatic hydroxyl groups is 1. The van der Waals surface area contributed by atoms with Crippen molar-refractivity contribution < 1.29 is 19.5 Å². The quantitative estimate of drug-likeness (QED) is 0.471. The number of nitrogens with one attached hydrogen (secondary N) is 2. The second-order valence-electron chi connectivity index (χ2n) is 10.6. The summed E-state index contributed by atoms with van der Waals surface area (Å²) in [6.07, 6.45) is 1.98. The summed E-state index contributed by atoms with van der Waals surface area (Å²) in [4.78, 5) is 43.2. The molecule has 0 aliphatic carbocycles. The van der Waals surface area contributed by atoms with Gasteiger partial charge >= 0.3 is 0 Å². The molecule has 3 amide bonds. The summed E-state index contributed by atoms with van der Waals surface area (Å²) in [6, 6.07) is 18.2. The van der Waals surface area contributed by atoms with E-state index in [0.29, 0.717) is 25.9 Å². The molecule has 8 heteroatoms. The number of hydrogen-bond donors (Lipinski definition) is 3.